The summed E-state index contributed by atoms with van der Waals surface area (Å²) in [5.41, 5.74) is 2.30. The predicted octanol–water partition coefficient (Wildman–Crippen LogP) is 6.57. The molecule has 0 spiro atoms. The Morgan fingerprint density at radius 1 is 0.947 bits per heavy atom. The smallest absolute Gasteiger partial charge is 0.293 e. The van der Waals surface area contributed by atoms with Crippen LogP contribution >= 0.6 is 11.8 Å². The summed E-state index contributed by atoms with van der Waals surface area (Å²) in [6, 6.07) is 25.3. The lowest BCUT2D eigenvalue weighted by Gasteiger charge is -2.13. The van der Waals surface area contributed by atoms with Crippen LogP contribution in [0.2, 0.25) is 0 Å². The van der Waals surface area contributed by atoms with Gasteiger partial charge in [0.15, 0.2) is 11.5 Å². The van der Waals surface area contributed by atoms with E-state index in [2.05, 4.69) is 18.2 Å². The Labute approximate surface area is 222 Å². The number of nitrogens with zero attached hydrogens (tertiary/aromatic N) is 2. The average molecular weight is 527 g/mol. The van der Waals surface area contributed by atoms with E-state index in [-0.39, 0.29) is 17.1 Å². The molecule has 0 unspecified atom stereocenters. The maximum atomic E-state index is 12.9. The number of amides is 2. The van der Waals surface area contributed by atoms with Gasteiger partial charge in [0.25, 0.3) is 16.8 Å². The third-order valence-electron chi connectivity index (χ3n) is 6.11. The number of carbonyl (C=O) groups is 2. The first kappa shape index (κ1) is 25.0. The molecule has 0 atom stereocenters. The van der Waals surface area contributed by atoms with Crippen molar-refractivity contribution in [3.05, 3.63) is 117 Å². The van der Waals surface area contributed by atoms with E-state index in [4.69, 9.17) is 9.47 Å². The van der Waals surface area contributed by atoms with E-state index in [1.54, 1.807) is 31.4 Å². The summed E-state index contributed by atoms with van der Waals surface area (Å²) in [5, 5.41) is 12.7. The van der Waals surface area contributed by atoms with Crippen molar-refractivity contribution in [3.8, 4) is 11.5 Å². The summed E-state index contributed by atoms with van der Waals surface area (Å²) in [7, 11) is 1.54. The minimum Gasteiger partial charge on any atom is -0.493 e. The minimum absolute atomic E-state index is 0.0320. The summed E-state index contributed by atoms with van der Waals surface area (Å²) < 4.78 is 11.6. The number of fused-ring (bicyclic) bond motifs is 1. The highest BCUT2D eigenvalue weighted by Gasteiger charge is 2.35. The fourth-order valence-electron chi connectivity index (χ4n) is 4.16. The SMILES string of the molecule is COc1cc(/C=C2\SC(=O)N(Cc3ccc([N+](=O)[O-])cc3)C2=O)ccc1OCc1cccc2ccccc12. The number of rotatable bonds is 8. The highest BCUT2D eigenvalue weighted by molar-refractivity contribution is 8.18. The summed E-state index contributed by atoms with van der Waals surface area (Å²) >= 11 is 0.848. The molecular formula is C29H22N2O6S. The Balaban J connectivity index is 1.30. The first-order valence-corrected chi connectivity index (χ1v) is 12.5. The summed E-state index contributed by atoms with van der Waals surface area (Å²) in [6.07, 6.45) is 1.64. The molecule has 0 bridgehead atoms. The molecule has 0 radical (unpaired) electrons. The highest BCUT2D eigenvalue weighted by atomic mass is 32.2. The molecule has 1 aliphatic rings. The standard InChI is InChI=1S/C29H22N2O6S/c1-36-26-15-20(11-14-25(26)37-18-22-7-4-6-21-5-2-3-8-24(21)22)16-27-28(32)30(29(33)38-27)17-19-9-12-23(13-10-19)31(34)35/h2-16H,17-18H2,1H3/b27-16-. The molecule has 0 aromatic heterocycles. The van der Waals surface area contributed by atoms with Crippen molar-refractivity contribution >= 4 is 45.4 Å². The third kappa shape index (κ3) is 5.23. The lowest BCUT2D eigenvalue weighted by atomic mass is 10.1. The first-order chi connectivity index (χ1) is 18.4. The minimum atomic E-state index is -0.499. The number of hydrogen-bond donors (Lipinski definition) is 0. The second kappa shape index (κ2) is 10.8. The Hall–Kier alpha value is -4.63. The van der Waals surface area contributed by atoms with E-state index in [1.807, 2.05) is 24.3 Å². The van der Waals surface area contributed by atoms with E-state index in [0.717, 1.165) is 33.0 Å². The van der Waals surface area contributed by atoms with Crippen LogP contribution < -0.4 is 9.47 Å². The molecule has 8 nitrogen and oxygen atoms in total. The van der Waals surface area contributed by atoms with E-state index < -0.39 is 16.1 Å². The number of non-ortho nitro benzene ring substituents is 1. The second-order valence-corrected chi connectivity index (χ2v) is 9.52. The predicted molar refractivity (Wildman–Crippen MR) is 146 cm³/mol. The van der Waals surface area contributed by atoms with Crippen LogP contribution in [0.15, 0.2) is 89.8 Å². The Kier molecular flexibility index (Phi) is 7.10. The lowest BCUT2D eigenvalue weighted by molar-refractivity contribution is -0.384. The Morgan fingerprint density at radius 2 is 1.71 bits per heavy atom. The van der Waals surface area contributed by atoms with E-state index >= 15 is 0 Å². The number of methoxy groups -OCH3 is 1. The van der Waals surface area contributed by atoms with Gasteiger partial charge in [-0.2, -0.15) is 0 Å². The lowest BCUT2D eigenvalue weighted by Crippen LogP contribution is -2.27. The molecule has 1 fully saturated rings. The summed E-state index contributed by atoms with van der Waals surface area (Å²) in [6.45, 7) is 0.392. The second-order valence-electron chi connectivity index (χ2n) is 8.53. The van der Waals surface area contributed by atoms with Gasteiger partial charge in [-0.25, -0.2) is 0 Å². The molecule has 0 saturated carbocycles. The molecule has 1 saturated heterocycles. The maximum Gasteiger partial charge on any atom is 0.293 e. The number of nitro benzene ring substituents is 1. The van der Waals surface area contributed by atoms with Crippen molar-refractivity contribution in [1.29, 1.82) is 0 Å². The zero-order valence-corrected chi connectivity index (χ0v) is 21.1. The number of benzene rings is 4. The van der Waals surface area contributed by atoms with Gasteiger partial charge in [0.2, 0.25) is 0 Å². The molecule has 1 aliphatic heterocycles. The van der Waals surface area contributed by atoms with Crippen LogP contribution in [0.5, 0.6) is 11.5 Å². The van der Waals surface area contributed by atoms with Gasteiger partial charge in [0.05, 0.1) is 23.5 Å². The zero-order chi connectivity index (χ0) is 26.6. The zero-order valence-electron chi connectivity index (χ0n) is 20.3. The number of hydrogen-bond acceptors (Lipinski definition) is 7. The van der Waals surface area contributed by atoms with Crippen LogP contribution in [0.25, 0.3) is 16.8 Å². The van der Waals surface area contributed by atoms with Gasteiger partial charge in [0, 0.05) is 12.1 Å². The van der Waals surface area contributed by atoms with Crippen LogP contribution in [0.3, 0.4) is 0 Å². The largest absolute Gasteiger partial charge is 0.493 e. The van der Waals surface area contributed by atoms with Crippen LogP contribution in [-0.4, -0.2) is 28.1 Å². The van der Waals surface area contributed by atoms with Crippen molar-refractivity contribution in [2.45, 2.75) is 13.2 Å². The molecule has 2 amide bonds. The van der Waals surface area contributed by atoms with Gasteiger partial charge in [-0.1, -0.05) is 60.7 Å². The normalized spacial score (nSPS) is 14.3. The fourth-order valence-corrected chi connectivity index (χ4v) is 5.00. The topological polar surface area (TPSA) is 99.0 Å². The molecule has 0 aliphatic carbocycles. The Morgan fingerprint density at radius 3 is 2.47 bits per heavy atom. The monoisotopic (exact) mass is 526 g/mol. The highest BCUT2D eigenvalue weighted by Crippen LogP contribution is 2.36. The van der Waals surface area contributed by atoms with Crippen LogP contribution in [0.4, 0.5) is 10.5 Å². The number of ether oxygens (including phenoxy) is 2. The maximum absolute atomic E-state index is 12.9. The van der Waals surface area contributed by atoms with Crippen molar-refractivity contribution in [3.63, 3.8) is 0 Å². The number of nitro groups is 1. The number of imide groups is 1. The van der Waals surface area contributed by atoms with E-state index in [1.165, 1.54) is 24.3 Å². The first-order valence-electron chi connectivity index (χ1n) is 11.7. The molecule has 0 N–H and O–H groups in total. The average Bonchev–Trinajstić information content (AvgIpc) is 3.19. The summed E-state index contributed by atoms with van der Waals surface area (Å²) in [4.78, 5) is 37.2. The van der Waals surface area contributed by atoms with Crippen LogP contribution in [-0.2, 0) is 17.9 Å². The fraction of sp³-hybridized carbons (Fsp3) is 0.103. The van der Waals surface area contributed by atoms with Gasteiger partial charge >= 0.3 is 0 Å². The van der Waals surface area contributed by atoms with Gasteiger partial charge in [-0.3, -0.25) is 24.6 Å². The van der Waals surface area contributed by atoms with Crippen molar-refractivity contribution < 1.29 is 24.0 Å². The van der Waals surface area contributed by atoms with Crippen LogP contribution in [0, 0.1) is 10.1 Å². The van der Waals surface area contributed by atoms with Gasteiger partial charge in [0.1, 0.15) is 6.61 Å². The molecule has 190 valence electrons. The molecule has 1 heterocycles. The quantitative estimate of drug-likeness (QED) is 0.145. The van der Waals surface area contributed by atoms with Crippen LogP contribution in [0.1, 0.15) is 16.7 Å². The van der Waals surface area contributed by atoms with Gasteiger partial charge in [-0.15, -0.1) is 0 Å². The van der Waals surface area contributed by atoms with Crippen molar-refractivity contribution in [1.82, 2.24) is 4.90 Å². The molecule has 5 rings (SSSR count). The molecule has 4 aromatic rings. The van der Waals surface area contributed by atoms with Gasteiger partial charge in [-0.05, 0) is 57.4 Å². The molecule has 9 heteroatoms. The van der Waals surface area contributed by atoms with Gasteiger partial charge < -0.3 is 9.47 Å². The van der Waals surface area contributed by atoms with E-state index in [0.29, 0.717) is 29.2 Å². The number of thioether (sulfide) groups is 1. The Bertz CT molecular complexity index is 1580. The molecular weight excluding hydrogens is 504 g/mol. The third-order valence-corrected chi connectivity index (χ3v) is 7.02. The molecule has 4 aromatic carbocycles. The van der Waals surface area contributed by atoms with Crippen molar-refractivity contribution in [2.24, 2.45) is 0 Å². The van der Waals surface area contributed by atoms with E-state index in [9.17, 15) is 19.7 Å². The van der Waals surface area contributed by atoms with Crippen molar-refractivity contribution in [2.75, 3.05) is 7.11 Å². The number of carbonyl (C=O) groups excluding carboxylic acids is 2. The summed E-state index contributed by atoms with van der Waals surface area (Å²) in [5.74, 6) is 0.640. The molecule has 38 heavy (non-hydrogen) atoms.